The predicted octanol–water partition coefficient (Wildman–Crippen LogP) is 5.20. The molecule has 5 rings (SSSR count). The van der Waals surface area contributed by atoms with Gasteiger partial charge in [-0.25, -0.2) is 0 Å². The van der Waals surface area contributed by atoms with Crippen molar-refractivity contribution in [3.63, 3.8) is 0 Å². The Morgan fingerprint density at radius 2 is 1.58 bits per heavy atom. The molecule has 0 spiro atoms. The van der Waals surface area contributed by atoms with Crippen LogP contribution in [-0.4, -0.2) is 25.0 Å². The number of hydrogen-bond acceptors (Lipinski definition) is 5. The molecule has 4 aliphatic carbocycles. The second kappa shape index (κ2) is 9.03. The summed E-state index contributed by atoms with van der Waals surface area (Å²) in [6, 6.07) is 0. The molecule has 1 aliphatic heterocycles. The summed E-state index contributed by atoms with van der Waals surface area (Å²) in [6.45, 7) is 10.6. The van der Waals surface area contributed by atoms with E-state index in [2.05, 4.69) is 39.0 Å². The molecule has 1 saturated heterocycles. The van der Waals surface area contributed by atoms with Crippen LogP contribution < -0.4 is 0 Å². The molecule has 0 radical (unpaired) electrons. The van der Waals surface area contributed by atoms with E-state index in [-0.39, 0.29) is 35.2 Å². The fraction of sp³-hybridized carbons (Fsp3) is 0.750. The first kappa shape index (κ1) is 24.2. The highest BCUT2D eigenvalue weighted by Gasteiger charge is 2.69. The Morgan fingerprint density at radius 1 is 0.970 bits per heavy atom. The van der Waals surface area contributed by atoms with E-state index in [1.54, 1.807) is 0 Å². The lowest BCUT2D eigenvalue weighted by Gasteiger charge is -2.34. The zero-order valence-corrected chi connectivity index (χ0v) is 21.0. The highest BCUT2D eigenvalue weighted by atomic mass is 16.6. The Labute approximate surface area is 198 Å². The number of allylic oxidation sites excluding steroid dienone is 4. The predicted molar refractivity (Wildman–Crippen MR) is 126 cm³/mol. The topological polar surface area (TPSA) is 69.7 Å². The molecule has 5 heteroatoms. The number of hydrogen-bond donors (Lipinski definition) is 0. The van der Waals surface area contributed by atoms with Gasteiger partial charge in [-0.3, -0.25) is 14.4 Å². The lowest BCUT2D eigenvalue weighted by molar-refractivity contribution is -0.155. The van der Waals surface area contributed by atoms with E-state index in [1.165, 1.54) is 13.5 Å². The van der Waals surface area contributed by atoms with E-state index in [4.69, 9.17) is 9.47 Å². The lowest BCUT2D eigenvalue weighted by Crippen LogP contribution is -2.37. The van der Waals surface area contributed by atoms with Gasteiger partial charge in [0.1, 0.15) is 0 Å². The third-order valence-corrected chi connectivity index (χ3v) is 9.59. The second-order valence-electron chi connectivity index (χ2n) is 11.5. The number of carbonyl (C=O) groups excluding carboxylic acids is 3. The van der Waals surface area contributed by atoms with E-state index in [1.807, 2.05) is 19.9 Å². The molecule has 0 aromatic carbocycles. The monoisotopic (exact) mass is 456 g/mol. The van der Waals surface area contributed by atoms with Crippen molar-refractivity contribution in [1.82, 2.24) is 0 Å². The number of rotatable bonds is 3. The minimum Gasteiger partial charge on any atom is -0.469 e. The standard InChI is InChI=1S/C16H20O3.C12H20O2/c1-3-4-8-5-7(2)11-9-6-10(12(8)11)14-13(9)15(17)19-16(14)18;1-5-6-10-7-9(2)8-12(10,3)11(13)14-4/h3-4,7-14H,5-6H2,1-2H3;5-6,9-10H,7-8H2,1-4H3/b4-3+;6-5+. The van der Waals surface area contributed by atoms with Crippen LogP contribution in [0.5, 0.6) is 0 Å². The molecule has 0 N–H and O–H groups in total. The van der Waals surface area contributed by atoms with Crippen LogP contribution >= 0.6 is 0 Å². The Morgan fingerprint density at radius 3 is 2.15 bits per heavy atom. The van der Waals surface area contributed by atoms with Gasteiger partial charge in [0.15, 0.2) is 0 Å². The van der Waals surface area contributed by atoms with Crippen LogP contribution in [0.25, 0.3) is 0 Å². The summed E-state index contributed by atoms with van der Waals surface area (Å²) < 4.78 is 9.80. The van der Waals surface area contributed by atoms with Crippen molar-refractivity contribution < 1.29 is 23.9 Å². The van der Waals surface area contributed by atoms with Gasteiger partial charge < -0.3 is 9.47 Å². The third-order valence-electron chi connectivity index (χ3n) is 9.59. The first-order chi connectivity index (χ1) is 15.7. The molecule has 4 saturated carbocycles. The van der Waals surface area contributed by atoms with Gasteiger partial charge in [-0.1, -0.05) is 38.2 Å². The minimum absolute atomic E-state index is 0.0649. The Bertz CT molecular complexity index is 858. The van der Waals surface area contributed by atoms with E-state index >= 15 is 0 Å². The van der Waals surface area contributed by atoms with Crippen molar-refractivity contribution in [1.29, 1.82) is 0 Å². The summed E-state index contributed by atoms with van der Waals surface area (Å²) in [5.41, 5.74) is -0.305. The zero-order valence-electron chi connectivity index (χ0n) is 21.0. The summed E-state index contributed by atoms with van der Waals surface area (Å²) in [4.78, 5) is 35.5. The molecule has 33 heavy (non-hydrogen) atoms. The number of esters is 3. The molecular weight excluding hydrogens is 416 g/mol. The molecular formula is C28H40O5. The van der Waals surface area contributed by atoms with E-state index in [0.717, 1.165) is 19.3 Å². The largest absolute Gasteiger partial charge is 0.469 e. The van der Waals surface area contributed by atoms with Gasteiger partial charge in [0, 0.05) is 0 Å². The van der Waals surface area contributed by atoms with E-state index in [9.17, 15) is 14.4 Å². The maximum atomic E-state index is 11.9. The highest BCUT2D eigenvalue weighted by molar-refractivity contribution is 5.97. The summed E-state index contributed by atoms with van der Waals surface area (Å²) in [7, 11) is 1.48. The Balaban J connectivity index is 0.000000166. The van der Waals surface area contributed by atoms with Gasteiger partial charge in [0.05, 0.1) is 24.4 Å². The first-order valence-corrected chi connectivity index (χ1v) is 12.8. The molecule has 5 aliphatic rings. The lowest BCUT2D eigenvalue weighted by atomic mass is 9.67. The van der Waals surface area contributed by atoms with Gasteiger partial charge in [0.25, 0.3) is 0 Å². The first-order valence-electron chi connectivity index (χ1n) is 12.8. The van der Waals surface area contributed by atoms with Gasteiger partial charge in [-0.05, 0) is 93.8 Å². The van der Waals surface area contributed by atoms with Gasteiger partial charge >= 0.3 is 17.9 Å². The molecule has 0 aromatic heterocycles. The third kappa shape index (κ3) is 3.80. The van der Waals surface area contributed by atoms with E-state index in [0.29, 0.717) is 47.3 Å². The van der Waals surface area contributed by atoms with Crippen molar-refractivity contribution in [2.24, 2.45) is 64.6 Å². The summed E-state index contributed by atoms with van der Waals surface area (Å²) in [5.74, 6) is 3.51. The van der Waals surface area contributed by atoms with Crippen molar-refractivity contribution in [3.8, 4) is 0 Å². The van der Waals surface area contributed by atoms with Crippen molar-refractivity contribution >= 4 is 17.9 Å². The van der Waals surface area contributed by atoms with Crippen LogP contribution in [0.2, 0.25) is 0 Å². The Kier molecular flexibility index (Phi) is 6.63. The normalized spacial score (nSPS) is 47.6. The number of fused-ring (bicyclic) bond motifs is 8. The molecule has 1 heterocycles. The molecule has 0 amide bonds. The number of methoxy groups -OCH3 is 1. The average Bonchev–Trinajstić information content (AvgIpc) is 3.53. The van der Waals surface area contributed by atoms with E-state index < -0.39 is 0 Å². The molecule has 0 aromatic rings. The van der Waals surface area contributed by atoms with Crippen LogP contribution in [0.4, 0.5) is 0 Å². The number of carbonyl (C=O) groups is 3. The van der Waals surface area contributed by atoms with Gasteiger partial charge in [0.2, 0.25) is 0 Å². The maximum absolute atomic E-state index is 11.9. The molecule has 11 atom stereocenters. The summed E-state index contributed by atoms with van der Waals surface area (Å²) in [6.07, 6.45) is 13.0. The number of ether oxygens (including phenoxy) is 2. The van der Waals surface area contributed by atoms with Crippen LogP contribution in [-0.2, 0) is 23.9 Å². The molecule has 5 nitrogen and oxygen atoms in total. The molecule has 182 valence electrons. The van der Waals surface area contributed by atoms with Gasteiger partial charge in [-0.2, -0.15) is 0 Å². The van der Waals surface area contributed by atoms with Crippen molar-refractivity contribution in [2.45, 2.75) is 60.3 Å². The molecule has 2 bridgehead atoms. The van der Waals surface area contributed by atoms with Crippen LogP contribution in [0.3, 0.4) is 0 Å². The SMILES string of the molecule is C/C=C/C1CC(C)C2C3CC(C4C(=O)OC(=O)C34)C12.C/C=C/C1CC(C)CC1(C)C(=O)OC. The van der Waals surface area contributed by atoms with Crippen LogP contribution in [0, 0.1) is 64.6 Å². The molecule has 5 fully saturated rings. The maximum Gasteiger partial charge on any atom is 0.317 e. The Hall–Kier alpha value is -1.91. The zero-order chi connectivity index (χ0) is 24.1. The van der Waals surface area contributed by atoms with Crippen molar-refractivity contribution in [2.75, 3.05) is 7.11 Å². The number of cyclic esters (lactones) is 2. The average molecular weight is 457 g/mol. The second-order valence-corrected chi connectivity index (χ2v) is 11.5. The fourth-order valence-electron chi connectivity index (χ4n) is 8.63. The van der Waals surface area contributed by atoms with Gasteiger partial charge in [-0.15, -0.1) is 0 Å². The smallest absolute Gasteiger partial charge is 0.317 e. The highest BCUT2D eigenvalue weighted by Crippen LogP contribution is 2.68. The minimum atomic E-state index is -0.305. The quantitative estimate of drug-likeness (QED) is 0.331. The van der Waals surface area contributed by atoms with Crippen molar-refractivity contribution in [3.05, 3.63) is 24.3 Å². The van der Waals surface area contributed by atoms with Crippen LogP contribution in [0.15, 0.2) is 24.3 Å². The summed E-state index contributed by atoms with van der Waals surface area (Å²) in [5, 5.41) is 0. The molecule has 11 unspecified atom stereocenters. The fourth-order valence-corrected chi connectivity index (χ4v) is 8.63. The summed E-state index contributed by atoms with van der Waals surface area (Å²) >= 11 is 0. The van der Waals surface area contributed by atoms with Crippen LogP contribution in [0.1, 0.15) is 60.3 Å².